The van der Waals surface area contributed by atoms with Gasteiger partial charge in [-0.3, -0.25) is 14.3 Å². The van der Waals surface area contributed by atoms with Gasteiger partial charge in [0.15, 0.2) is 0 Å². The number of nitrogens with zero attached hydrogens (tertiary/aromatic N) is 2. The molecule has 0 radical (unpaired) electrons. The lowest BCUT2D eigenvalue weighted by Gasteiger charge is -2.29. The van der Waals surface area contributed by atoms with Crippen LogP contribution in [0.25, 0.3) is 0 Å². The molecule has 0 spiro atoms. The lowest BCUT2D eigenvalue weighted by atomic mass is 9.85. The molecule has 3 rings (SSSR count). The van der Waals surface area contributed by atoms with Crippen LogP contribution in [0.5, 0.6) is 0 Å². The van der Waals surface area contributed by atoms with E-state index >= 15 is 0 Å². The number of thioether (sulfide) groups is 1. The normalized spacial score (nSPS) is 25.1. The van der Waals surface area contributed by atoms with Crippen molar-refractivity contribution in [2.45, 2.75) is 77.9 Å². The van der Waals surface area contributed by atoms with Gasteiger partial charge >= 0.3 is 0 Å². The lowest BCUT2D eigenvalue weighted by Crippen LogP contribution is -2.43. The maximum atomic E-state index is 12.8. The number of nitrogens with one attached hydrogen (secondary N) is 2. The SMILES string of the molecule is CCn1nc(CC(C)C)cc1C(=O)NC1CCC(C(=O)NC2CCSC2)CC1. The van der Waals surface area contributed by atoms with E-state index in [0.717, 1.165) is 55.7 Å². The third-order valence-corrected chi connectivity index (χ3v) is 6.85. The highest BCUT2D eigenvalue weighted by atomic mass is 32.2. The predicted molar refractivity (Wildman–Crippen MR) is 114 cm³/mol. The fourth-order valence-corrected chi connectivity index (χ4v) is 5.29. The van der Waals surface area contributed by atoms with Crippen molar-refractivity contribution in [3.63, 3.8) is 0 Å². The van der Waals surface area contributed by atoms with E-state index in [0.29, 0.717) is 24.2 Å². The third-order valence-electron chi connectivity index (χ3n) is 5.69. The van der Waals surface area contributed by atoms with E-state index in [1.54, 1.807) is 4.68 Å². The zero-order valence-corrected chi connectivity index (χ0v) is 18.2. The van der Waals surface area contributed by atoms with E-state index in [1.807, 2.05) is 24.8 Å². The maximum Gasteiger partial charge on any atom is 0.269 e. The molecular weight excluding hydrogens is 372 g/mol. The monoisotopic (exact) mass is 406 g/mol. The Labute approximate surface area is 172 Å². The second kappa shape index (κ2) is 9.81. The fourth-order valence-electron chi connectivity index (χ4n) is 4.14. The minimum absolute atomic E-state index is 0.0414. The van der Waals surface area contributed by atoms with Gasteiger partial charge in [-0.15, -0.1) is 0 Å². The summed E-state index contributed by atoms with van der Waals surface area (Å²) < 4.78 is 1.80. The highest BCUT2D eigenvalue weighted by Gasteiger charge is 2.29. The largest absolute Gasteiger partial charge is 0.352 e. The van der Waals surface area contributed by atoms with Crippen molar-refractivity contribution in [2.75, 3.05) is 11.5 Å². The first-order valence-corrected chi connectivity index (χ1v) is 11.9. The Morgan fingerprint density at radius 1 is 1.18 bits per heavy atom. The number of rotatable bonds is 7. The Morgan fingerprint density at radius 2 is 1.93 bits per heavy atom. The Morgan fingerprint density at radius 3 is 2.54 bits per heavy atom. The van der Waals surface area contributed by atoms with Crippen LogP contribution in [-0.2, 0) is 17.8 Å². The van der Waals surface area contributed by atoms with Crippen LogP contribution in [0.15, 0.2) is 6.07 Å². The molecule has 156 valence electrons. The number of hydrogen-bond donors (Lipinski definition) is 2. The predicted octanol–water partition coefficient (Wildman–Crippen LogP) is 3.01. The van der Waals surface area contributed by atoms with E-state index in [9.17, 15) is 9.59 Å². The average Bonchev–Trinajstić information content (AvgIpc) is 3.31. The molecule has 7 heteroatoms. The van der Waals surface area contributed by atoms with Crippen LogP contribution in [0.3, 0.4) is 0 Å². The Balaban J connectivity index is 1.49. The van der Waals surface area contributed by atoms with Crippen LogP contribution in [0.1, 0.15) is 69.1 Å². The average molecular weight is 407 g/mol. The fraction of sp³-hybridized carbons (Fsp3) is 0.762. The molecule has 1 aromatic heterocycles. The standard InChI is InChI=1S/C21H34N4O2S/c1-4-25-19(12-18(24-25)11-14(2)3)21(27)22-16-7-5-15(6-8-16)20(26)23-17-9-10-28-13-17/h12,14-17H,4-11,13H2,1-3H3,(H,22,27)(H,23,26). The van der Waals surface area contributed by atoms with Crippen molar-refractivity contribution in [1.82, 2.24) is 20.4 Å². The first kappa shape index (κ1) is 21.2. The Kier molecular flexibility index (Phi) is 7.43. The van der Waals surface area contributed by atoms with Crippen LogP contribution in [0.4, 0.5) is 0 Å². The van der Waals surface area contributed by atoms with Crippen molar-refractivity contribution >= 4 is 23.6 Å². The van der Waals surface area contributed by atoms with E-state index in [2.05, 4.69) is 29.6 Å². The van der Waals surface area contributed by atoms with Gasteiger partial charge in [0.1, 0.15) is 5.69 Å². The molecule has 1 atom stereocenters. The zero-order valence-electron chi connectivity index (χ0n) is 17.4. The van der Waals surface area contributed by atoms with Crippen LogP contribution >= 0.6 is 11.8 Å². The number of aryl methyl sites for hydroxylation is 1. The molecule has 2 amide bonds. The second-order valence-corrected chi connectivity index (χ2v) is 9.68. The summed E-state index contributed by atoms with van der Waals surface area (Å²) in [5.41, 5.74) is 1.63. The Bertz CT molecular complexity index is 674. The van der Waals surface area contributed by atoms with Crippen LogP contribution < -0.4 is 10.6 Å². The van der Waals surface area contributed by atoms with Gasteiger partial charge in [0.05, 0.1) is 5.69 Å². The minimum Gasteiger partial charge on any atom is -0.352 e. The van der Waals surface area contributed by atoms with Gasteiger partial charge in [0, 0.05) is 30.3 Å². The maximum absolute atomic E-state index is 12.8. The van der Waals surface area contributed by atoms with Crippen molar-refractivity contribution in [2.24, 2.45) is 11.8 Å². The smallest absolute Gasteiger partial charge is 0.269 e. The molecular formula is C21H34N4O2S. The number of carbonyl (C=O) groups excluding carboxylic acids is 2. The number of aromatic nitrogens is 2. The quantitative estimate of drug-likeness (QED) is 0.730. The van der Waals surface area contributed by atoms with Gasteiger partial charge in [0.25, 0.3) is 5.91 Å². The molecule has 28 heavy (non-hydrogen) atoms. The summed E-state index contributed by atoms with van der Waals surface area (Å²) in [5.74, 6) is 2.97. The van der Waals surface area contributed by atoms with Gasteiger partial charge in [-0.05, 0) is 63.2 Å². The summed E-state index contributed by atoms with van der Waals surface area (Å²) in [6.45, 7) is 7.01. The summed E-state index contributed by atoms with van der Waals surface area (Å²) in [6.07, 6.45) is 5.40. The lowest BCUT2D eigenvalue weighted by molar-refractivity contribution is -0.126. The van der Waals surface area contributed by atoms with Gasteiger partial charge < -0.3 is 10.6 Å². The first-order valence-electron chi connectivity index (χ1n) is 10.7. The molecule has 1 aliphatic carbocycles. The van der Waals surface area contributed by atoms with Crippen LogP contribution in [0.2, 0.25) is 0 Å². The summed E-state index contributed by atoms with van der Waals surface area (Å²) in [5, 5.41) is 10.9. The van der Waals surface area contributed by atoms with Crippen LogP contribution in [0, 0.1) is 11.8 Å². The molecule has 2 fully saturated rings. The minimum atomic E-state index is -0.0414. The third kappa shape index (κ3) is 5.52. The van der Waals surface area contributed by atoms with Gasteiger partial charge in [0.2, 0.25) is 5.91 Å². The van der Waals surface area contributed by atoms with Crippen molar-refractivity contribution in [1.29, 1.82) is 0 Å². The van der Waals surface area contributed by atoms with Gasteiger partial charge in [-0.25, -0.2) is 0 Å². The topological polar surface area (TPSA) is 76.0 Å². The van der Waals surface area contributed by atoms with Gasteiger partial charge in [-0.2, -0.15) is 16.9 Å². The van der Waals surface area contributed by atoms with Crippen molar-refractivity contribution < 1.29 is 9.59 Å². The summed E-state index contributed by atoms with van der Waals surface area (Å²) >= 11 is 1.91. The molecule has 2 N–H and O–H groups in total. The van der Waals surface area contributed by atoms with E-state index < -0.39 is 0 Å². The molecule has 0 aromatic carbocycles. The first-order chi connectivity index (χ1) is 13.5. The number of amides is 2. The van der Waals surface area contributed by atoms with Gasteiger partial charge in [-0.1, -0.05) is 13.8 Å². The van der Waals surface area contributed by atoms with Crippen molar-refractivity contribution in [3.05, 3.63) is 17.5 Å². The molecule has 1 aromatic rings. The van der Waals surface area contributed by atoms with Crippen molar-refractivity contribution in [3.8, 4) is 0 Å². The summed E-state index contributed by atoms with van der Waals surface area (Å²) in [6, 6.07) is 2.42. The molecule has 2 heterocycles. The van der Waals surface area contributed by atoms with Crippen LogP contribution in [-0.4, -0.2) is 45.2 Å². The molecule has 1 saturated carbocycles. The highest BCUT2D eigenvalue weighted by molar-refractivity contribution is 7.99. The van der Waals surface area contributed by atoms with E-state index in [1.165, 1.54) is 0 Å². The number of carbonyl (C=O) groups is 2. The molecule has 1 aliphatic heterocycles. The Hall–Kier alpha value is -1.50. The molecule has 0 bridgehead atoms. The molecule has 1 unspecified atom stereocenters. The molecule has 1 saturated heterocycles. The second-order valence-electron chi connectivity index (χ2n) is 8.53. The summed E-state index contributed by atoms with van der Waals surface area (Å²) in [4.78, 5) is 25.2. The zero-order chi connectivity index (χ0) is 20.1. The van der Waals surface area contributed by atoms with E-state index in [-0.39, 0.29) is 23.8 Å². The highest BCUT2D eigenvalue weighted by Crippen LogP contribution is 2.26. The number of hydrogen-bond acceptors (Lipinski definition) is 4. The van der Waals surface area contributed by atoms with E-state index in [4.69, 9.17) is 0 Å². The molecule has 6 nitrogen and oxygen atoms in total. The molecule has 2 aliphatic rings. The summed E-state index contributed by atoms with van der Waals surface area (Å²) in [7, 11) is 0.